The monoisotopic (exact) mass is 259 g/mol. The normalized spacial score (nSPS) is 10.2. The molecule has 0 amide bonds. The number of anilines is 1. The SMILES string of the molecule is N#Cc1ccnc(NCc2cccc3ccccc23)c1. The first kappa shape index (κ1) is 12.2. The quantitative estimate of drug-likeness (QED) is 0.779. The highest BCUT2D eigenvalue weighted by atomic mass is 15.0. The third-order valence-corrected chi connectivity index (χ3v) is 3.23. The van der Waals surface area contributed by atoms with Gasteiger partial charge in [0.2, 0.25) is 0 Å². The van der Waals surface area contributed by atoms with Crippen LogP contribution in [0.4, 0.5) is 5.82 Å². The third kappa shape index (κ3) is 2.45. The van der Waals surface area contributed by atoms with Gasteiger partial charge in [0.05, 0.1) is 11.6 Å². The Hall–Kier alpha value is -2.86. The van der Waals surface area contributed by atoms with Crippen LogP contribution in [0.3, 0.4) is 0 Å². The highest BCUT2D eigenvalue weighted by Crippen LogP contribution is 2.19. The fraction of sp³-hybridized carbons (Fsp3) is 0.0588. The van der Waals surface area contributed by atoms with Gasteiger partial charge in [-0.3, -0.25) is 0 Å². The zero-order valence-electron chi connectivity index (χ0n) is 10.9. The molecule has 0 bridgehead atoms. The van der Waals surface area contributed by atoms with Gasteiger partial charge in [0.25, 0.3) is 0 Å². The van der Waals surface area contributed by atoms with Crippen molar-refractivity contribution in [2.24, 2.45) is 0 Å². The molecule has 1 aromatic heterocycles. The molecule has 0 aliphatic carbocycles. The summed E-state index contributed by atoms with van der Waals surface area (Å²) in [6.07, 6.45) is 1.64. The number of rotatable bonds is 3. The first-order valence-corrected chi connectivity index (χ1v) is 6.43. The largest absolute Gasteiger partial charge is 0.366 e. The Morgan fingerprint density at radius 2 is 1.90 bits per heavy atom. The fourth-order valence-electron chi connectivity index (χ4n) is 2.23. The molecule has 1 N–H and O–H groups in total. The van der Waals surface area contributed by atoms with E-state index in [0.717, 1.165) is 5.82 Å². The lowest BCUT2D eigenvalue weighted by molar-refractivity contribution is 1.12. The number of pyridine rings is 1. The molecule has 3 aromatic rings. The minimum atomic E-state index is 0.611. The number of hydrogen-bond donors (Lipinski definition) is 1. The van der Waals surface area contributed by atoms with Crippen LogP contribution in [-0.4, -0.2) is 4.98 Å². The summed E-state index contributed by atoms with van der Waals surface area (Å²) in [6, 6.07) is 20.1. The van der Waals surface area contributed by atoms with E-state index in [9.17, 15) is 0 Å². The molecule has 0 spiro atoms. The molecule has 0 fully saturated rings. The molecule has 0 atom stereocenters. The van der Waals surface area contributed by atoms with Crippen LogP contribution in [0.15, 0.2) is 60.8 Å². The highest BCUT2D eigenvalue weighted by molar-refractivity contribution is 5.85. The van der Waals surface area contributed by atoms with E-state index in [1.807, 2.05) is 12.1 Å². The van der Waals surface area contributed by atoms with Crippen molar-refractivity contribution in [3.05, 3.63) is 71.9 Å². The maximum absolute atomic E-state index is 8.88. The Kier molecular flexibility index (Phi) is 3.30. The number of nitriles is 1. The van der Waals surface area contributed by atoms with Crippen LogP contribution in [0.5, 0.6) is 0 Å². The number of hydrogen-bond acceptors (Lipinski definition) is 3. The molecule has 0 radical (unpaired) electrons. The van der Waals surface area contributed by atoms with Crippen molar-refractivity contribution in [1.29, 1.82) is 5.26 Å². The van der Waals surface area contributed by atoms with E-state index < -0.39 is 0 Å². The second kappa shape index (κ2) is 5.41. The Morgan fingerprint density at radius 3 is 2.80 bits per heavy atom. The van der Waals surface area contributed by atoms with E-state index in [0.29, 0.717) is 12.1 Å². The van der Waals surface area contributed by atoms with E-state index in [1.54, 1.807) is 18.3 Å². The van der Waals surface area contributed by atoms with E-state index in [1.165, 1.54) is 16.3 Å². The molecule has 20 heavy (non-hydrogen) atoms. The highest BCUT2D eigenvalue weighted by Gasteiger charge is 2.01. The van der Waals surface area contributed by atoms with Gasteiger partial charge in [0, 0.05) is 12.7 Å². The summed E-state index contributed by atoms with van der Waals surface area (Å²) in [5.74, 6) is 0.719. The van der Waals surface area contributed by atoms with Crippen LogP contribution in [0.2, 0.25) is 0 Å². The molecular weight excluding hydrogens is 246 g/mol. The maximum atomic E-state index is 8.88. The fourth-order valence-corrected chi connectivity index (χ4v) is 2.23. The predicted octanol–water partition coefficient (Wildman–Crippen LogP) is 3.72. The average molecular weight is 259 g/mol. The van der Waals surface area contributed by atoms with Gasteiger partial charge in [-0.25, -0.2) is 4.98 Å². The average Bonchev–Trinajstić information content (AvgIpc) is 2.53. The Labute approximate surface area is 117 Å². The van der Waals surface area contributed by atoms with Gasteiger partial charge in [0.15, 0.2) is 0 Å². The lowest BCUT2D eigenvalue weighted by Gasteiger charge is -2.08. The minimum absolute atomic E-state index is 0.611. The van der Waals surface area contributed by atoms with Crippen LogP contribution in [-0.2, 0) is 6.54 Å². The molecule has 0 saturated carbocycles. The van der Waals surface area contributed by atoms with Crippen molar-refractivity contribution in [3.8, 4) is 6.07 Å². The number of nitrogens with one attached hydrogen (secondary N) is 1. The summed E-state index contributed by atoms with van der Waals surface area (Å²) >= 11 is 0. The van der Waals surface area contributed by atoms with Crippen LogP contribution < -0.4 is 5.32 Å². The molecule has 3 heteroatoms. The van der Waals surface area contributed by atoms with Crippen LogP contribution in [0.25, 0.3) is 10.8 Å². The van der Waals surface area contributed by atoms with Gasteiger partial charge in [-0.2, -0.15) is 5.26 Å². The summed E-state index contributed by atoms with van der Waals surface area (Å²) in [7, 11) is 0. The van der Waals surface area contributed by atoms with Gasteiger partial charge in [-0.05, 0) is 28.5 Å². The molecule has 1 heterocycles. The van der Waals surface area contributed by atoms with Crippen molar-refractivity contribution in [2.75, 3.05) is 5.32 Å². The van der Waals surface area contributed by atoms with E-state index in [-0.39, 0.29) is 0 Å². The number of benzene rings is 2. The predicted molar refractivity (Wildman–Crippen MR) is 80.2 cm³/mol. The van der Waals surface area contributed by atoms with Gasteiger partial charge >= 0.3 is 0 Å². The maximum Gasteiger partial charge on any atom is 0.127 e. The summed E-state index contributed by atoms with van der Waals surface area (Å²) in [4.78, 5) is 4.22. The molecule has 96 valence electrons. The van der Waals surface area contributed by atoms with E-state index in [4.69, 9.17) is 5.26 Å². The van der Waals surface area contributed by atoms with E-state index >= 15 is 0 Å². The molecule has 0 saturated heterocycles. The molecular formula is C17H13N3. The number of fused-ring (bicyclic) bond motifs is 1. The first-order chi connectivity index (χ1) is 9.86. The Morgan fingerprint density at radius 1 is 1.05 bits per heavy atom. The minimum Gasteiger partial charge on any atom is -0.366 e. The van der Waals surface area contributed by atoms with Crippen molar-refractivity contribution in [1.82, 2.24) is 4.98 Å². The first-order valence-electron chi connectivity index (χ1n) is 6.43. The summed E-state index contributed by atoms with van der Waals surface area (Å²) < 4.78 is 0. The van der Waals surface area contributed by atoms with Crippen molar-refractivity contribution in [2.45, 2.75) is 6.54 Å². The lowest BCUT2D eigenvalue weighted by atomic mass is 10.0. The Bertz CT molecular complexity index is 782. The Balaban J connectivity index is 1.85. The smallest absolute Gasteiger partial charge is 0.127 e. The van der Waals surface area contributed by atoms with Gasteiger partial charge in [-0.1, -0.05) is 42.5 Å². The van der Waals surface area contributed by atoms with Gasteiger partial charge in [-0.15, -0.1) is 0 Å². The summed E-state index contributed by atoms with van der Waals surface area (Å²) in [5, 5.41) is 14.6. The molecule has 3 nitrogen and oxygen atoms in total. The lowest BCUT2D eigenvalue weighted by Crippen LogP contribution is -2.02. The molecule has 0 aliphatic rings. The van der Waals surface area contributed by atoms with Crippen LogP contribution >= 0.6 is 0 Å². The molecule has 2 aromatic carbocycles. The molecule has 0 unspecified atom stereocenters. The molecule has 3 rings (SSSR count). The van der Waals surface area contributed by atoms with Gasteiger partial charge < -0.3 is 5.32 Å². The summed E-state index contributed by atoms with van der Waals surface area (Å²) in [6.45, 7) is 0.684. The second-order valence-corrected chi connectivity index (χ2v) is 4.53. The topological polar surface area (TPSA) is 48.7 Å². The third-order valence-electron chi connectivity index (χ3n) is 3.23. The zero-order chi connectivity index (χ0) is 13.8. The number of nitrogens with zero attached hydrogens (tertiary/aromatic N) is 2. The van der Waals surface area contributed by atoms with Crippen LogP contribution in [0.1, 0.15) is 11.1 Å². The van der Waals surface area contributed by atoms with Crippen LogP contribution in [0, 0.1) is 11.3 Å². The zero-order valence-corrected chi connectivity index (χ0v) is 10.9. The summed E-state index contributed by atoms with van der Waals surface area (Å²) in [5.41, 5.74) is 1.83. The molecule has 0 aliphatic heterocycles. The van der Waals surface area contributed by atoms with Crippen molar-refractivity contribution in [3.63, 3.8) is 0 Å². The van der Waals surface area contributed by atoms with E-state index in [2.05, 4.69) is 46.7 Å². The van der Waals surface area contributed by atoms with Crippen molar-refractivity contribution >= 4 is 16.6 Å². The standard InChI is InChI=1S/C17H13N3/c18-11-13-8-9-19-17(10-13)20-12-15-6-3-5-14-4-1-2-7-16(14)15/h1-10H,12H2,(H,19,20). The van der Waals surface area contributed by atoms with Gasteiger partial charge in [0.1, 0.15) is 5.82 Å². The second-order valence-electron chi connectivity index (χ2n) is 4.53. The van der Waals surface area contributed by atoms with Crippen molar-refractivity contribution < 1.29 is 0 Å². The number of aromatic nitrogens is 1.